The second kappa shape index (κ2) is 7.85. The van der Waals surface area contributed by atoms with E-state index in [2.05, 4.69) is 5.32 Å². The standard InChI is InChI=1S/C18H22N4O4S/c19-13-9-10-15-17(12-13)27(25,26)22(11-5-1-2-8-18(23)21-24)16-7-4-3-6-14(16)20-15/h3-4,6-7,9-10,12,20,24H,1-2,5,8,11,19H2,(H,21,23). The molecule has 0 radical (unpaired) electrons. The first-order chi connectivity index (χ1) is 12.9. The van der Waals surface area contributed by atoms with Gasteiger partial charge in [0.15, 0.2) is 0 Å². The number of carbonyl (C=O) groups excluding carboxylic acids is 1. The van der Waals surface area contributed by atoms with Gasteiger partial charge in [0.25, 0.3) is 10.0 Å². The lowest BCUT2D eigenvalue weighted by Crippen LogP contribution is -2.31. The molecule has 2 aromatic carbocycles. The summed E-state index contributed by atoms with van der Waals surface area (Å²) in [6, 6.07) is 12.0. The number of carbonyl (C=O) groups is 1. The molecule has 1 aliphatic rings. The highest BCUT2D eigenvalue weighted by Crippen LogP contribution is 2.40. The molecular weight excluding hydrogens is 368 g/mol. The van der Waals surface area contributed by atoms with E-state index >= 15 is 0 Å². The molecule has 0 unspecified atom stereocenters. The Kier molecular flexibility index (Phi) is 5.52. The molecule has 0 aromatic heterocycles. The molecule has 0 fully saturated rings. The van der Waals surface area contributed by atoms with E-state index in [-0.39, 0.29) is 17.9 Å². The van der Waals surface area contributed by atoms with Crippen molar-refractivity contribution in [1.82, 2.24) is 5.48 Å². The predicted octanol–water partition coefficient (Wildman–Crippen LogP) is 2.59. The van der Waals surface area contributed by atoms with Crippen LogP contribution in [0.3, 0.4) is 0 Å². The number of hydrogen-bond acceptors (Lipinski definition) is 6. The third-order valence-corrected chi connectivity index (χ3v) is 6.26. The lowest BCUT2D eigenvalue weighted by atomic mass is 10.2. The SMILES string of the molecule is Nc1ccc2c(c1)S(=O)(=O)N(CCCCCC(=O)NO)c1ccccc1N2. The van der Waals surface area contributed by atoms with Crippen molar-refractivity contribution in [1.29, 1.82) is 0 Å². The Morgan fingerprint density at radius 2 is 1.89 bits per heavy atom. The van der Waals surface area contributed by atoms with Crippen LogP contribution in [0.5, 0.6) is 0 Å². The van der Waals surface area contributed by atoms with Gasteiger partial charge < -0.3 is 11.1 Å². The molecule has 9 heteroatoms. The zero-order chi connectivity index (χ0) is 19.4. The van der Waals surface area contributed by atoms with E-state index in [1.165, 1.54) is 10.4 Å². The maximum absolute atomic E-state index is 13.3. The van der Waals surface area contributed by atoms with Crippen molar-refractivity contribution in [3.05, 3.63) is 42.5 Å². The zero-order valence-electron chi connectivity index (χ0n) is 14.7. The highest BCUT2D eigenvalue weighted by atomic mass is 32.2. The third kappa shape index (κ3) is 3.99. The van der Waals surface area contributed by atoms with E-state index in [1.807, 2.05) is 12.1 Å². The van der Waals surface area contributed by atoms with Gasteiger partial charge in [-0.1, -0.05) is 18.6 Å². The molecule has 2 aromatic rings. The van der Waals surface area contributed by atoms with Crippen molar-refractivity contribution in [2.75, 3.05) is 21.9 Å². The van der Waals surface area contributed by atoms with Crippen LogP contribution in [0.25, 0.3) is 0 Å². The van der Waals surface area contributed by atoms with Gasteiger partial charge in [-0.2, -0.15) is 0 Å². The van der Waals surface area contributed by atoms with Gasteiger partial charge in [0, 0.05) is 18.7 Å². The summed E-state index contributed by atoms with van der Waals surface area (Å²) in [5.74, 6) is -0.448. The Bertz CT molecular complexity index is 946. The first-order valence-electron chi connectivity index (χ1n) is 8.65. The molecule has 8 nitrogen and oxygen atoms in total. The Balaban J connectivity index is 1.87. The average molecular weight is 390 g/mol. The van der Waals surface area contributed by atoms with E-state index in [9.17, 15) is 13.2 Å². The predicted molar refractivity (Wildman–Crippen MR) is 104 cm³/mol. The Labute approximate surface area is 158 Å². The van der Waals surface area contributed by atoms with Crippen LogP contribution in [0, 0.1) is 0 Å². The number of benzene rings is 2. The number of hydroxylamine groups is 1. The van der Waals surface area contributed by atoms with E-state index in [0.717, 1.165) is 0 Å². The second-order valence-electron chi connectivity index (χ2n) is 6.32. The molecule has 0 atom stereocenters. The minimum absolute atomic E-state index is 0.137. The number of anilines is 4. The summed E-state index contributed by atoms with van der Waals surface area (Å²) in [4.78, 5) is 11.2. The van der Waals surface area contributed by atoms with Gasteiger partial charge >= 0.3 is 0 Å². The average Bonchev–Trinajstić information content (AvgIpc) is 2.74. The van der Waals surface area contributed by atoms with Gasteiger partial charge in [0.1, 0.15) is 4.90 Å². The highest BCUT2D eigenvalue weighted by Gasteiger charge is 2.32. The summed E-state index contributed by atoms with van der Waals surface area (Å²) < 4.78 is 28.0. The molecule has 1 aliphatic heterocycles. The van der Waals surface area contributed by atoms with E-state index in [0.29, 0.717) is 42.0 Å². The number of unbranched alkanes of at least 4 members (excludes halogenated alkanes) is 2. The van der Waals surface area contributed by atoms with Crippen LogP contribution in [-0.2, 0) is 14.8 Å². The van der Waals surface area contributed by atoms with Crippen molar-refractivity contribution in [3.8, 4) is 0 Å². The van der Waals surface area contributed by atoms with Crippen LogP contribution in [0.2, 0.25) is 0 Å². The first kappa shape index (κ1) is 19.0. The summed E-state index contributed by atoms with van der Waals surface area (Å²) in [5, 5.41) is 11.7. The monoisotopic (exact) mass is 390 g/mol. The van der Waals surface area contributed by atoms with Crippen LogP contribution in [-0.4, -0.2) is 26.1 Å². The molecular formula is C18H22N4O4S. The van der Waals surface area contributed by atoms with Crippen molar-refractivity contribution < 1.29 is 18.4 Å². The number of sulfonamides is 1. The number of nitrogens with one attached hydrogen (secondary N) is 2. The summed E-state index contributed by atoms with van der Waals surface area (Å²) in [6.45, 7) is 0.274. The number of fused-ring (bicyclic) bond motifs is 2. The third-order valence-electron chi connectivity index (χ3n) is 4.41. The van der Waals surface area contributed by atoms with Gasteiger partial charge in [0.05, 0.1) is 17.1 Å². The lowest BCUT2D eigenvalue weighted by molar-refractivity contribution is -0.129. The minimum atomic E-state index is -3.79. The zero-order valence-corrected chi connectivity index (χ0v) is 15.5. The molecule has 0 spiro atoms. The lowest BCUT2D eigenvalue weighted by Gasteiger charge is -2.24. The fraction of sp³-hybridized carbons (Fsp3) is 0.278. The number of nitrogens with zero attached hydrogens (tertiary/aromatic N) is 1. The topological polar surface area (TPSA) is 125 Å². The maximum atomic E-state index is 13.3. The molecule has 0 saturated carbocycles. The van der Waals surface area contributed by atoms with Crippen LogP contribution in [0.1, 0.15) is 25.7 Å². The van der Waals surface area contributed by atoms with Crippen molar-refractivity contribution in [2.45, 2.75) is 30.6 Å². The Hall–Kier alpha value is -2.78. The quantitative estimate of drug-likeness (QED) is 0.260. The Morgan fingerprint density at radius 1 is 1.11 bits per heavy atom. The summed E-state index contributed by atoms with van der Waals surface area (Å²) in [6.07, 6.45) is 1.98. The van der Waals surface area contributed by atoms with Gasteiger partial charge in [-0.15, -0.1) is 0 Å². The molecule has 144 valence electrons. The van der Waals surface area contributed by atoms with E-state index in [4.69, 9.17) is 10.9 Å². The molecule has 5 N–H and O–H groups in total. The number of rotatable bonds is 6. The number of nitrogens with two attached hydrogens (primary N) is 1. The van der Waals surface area contributed by atoms with Gasteiger partial charge in [-0.3, -0.25) is 14.3 Å². The largest absolute Gasteiger partial charge is 0.399 e. The minimum Gasteiger partial charge on any atom is -0.399 e. The fourth-order valence-electron chi connectivity index (χ4n) is 3.06. The maximum Gasteiger partial charge on any atom is 0.266 e. The number of nitrogen functional groups attached to an aromatic ring is 1. The van der Waals surface area contributed by atoms with Crippen LogP contribution >= 0.6 is 0 Å². The summed E-state index contributed by atoms with van der Waals surface area (Å²) >= 11 is 0. The van der Waals surface area contributed by atoms with Gasteiger partial charge in [0.2, 0.25) is 5.91 Å². The van der Waals surface area contributed by atoms with Crippen LogP contribution in [0.4, 0.5) is 22.7 Å². The number of amides is 1. The van der Waals surface area contributed by atoms with Crippen molar-refractivity contribution in [2.24, 2.45) is 0 Å². The number of hydrogen-bond donors (Lipinski definition) is 4. The highest BCUT2D eigenvalue weighted by molar-refractivity contribution is 7.93. The normalized spacial score (nSPS) is 14.5. The summed E-state index contributed by atoms with van der Waals surface area (Å²) in [7, 11) is -3.79. The molecule has 0 saturated heterocycles. The Morgan fingerprint density at radius 3 is 2.67 bits per heavy atom. The molecule has 1 heterocycles. The van der Waals surface area contributed by atoms with Gasteiger partial charge in [-0.05, 0) is 43.2 Å². The van der Waals surface area contributed by atoms with E-state index in [1.54, 1.807) is 29.7 Å². The smallest absolute Gasteiger partial charge is 0.266 e. The number of para-hydroxylation sites is 2. The van der Waals surface area contributed by atoms with Crippen LogP contribution in [0.15, 0.2) is 47.4 Å². The molecule has 3 rings (SSSR count). The van der Waals surface area contributed by atoms with Crippen molar-refractivity contribution in [3.63, 3.8) is 0 Å². The molecule has 27 heavy (non-hydrogen) atoms. The van der Waals surface area contributed by atoms with Gasteiger partial charge in [-0.25, -0.2) is 13.9 Å². The van der Waals surface area contributed by atoms with Crippen LogP contribution < -0.4 is 20.8 Å². The molecule has 0 bridgehead atoms. The first-order valence-corrected chi connectivity index (χ1v) is 10.1. The molecule has 1 amide bonds. The summed E-state index contributed by atoms with van der Waals surface area (Å²) in [5.41, 5.74) is 9.54. The van der Waals surface area contributed by atoms with Crippen molar-refractivity contribution >= 4 is 38.7 Å². The fourth-order valence-corrected chi connectivity index (χ4v) is 4.77. The molecule has 0 aliphatic carbocycles. The second-order valence-corrected chi connectivity index (χ2v) is 8.15. The van der Waals surface area contributed by atoms with E-state index < -0.39 is 15.9 Å².